The van der Waals surface area contributed by atoms with Crippen LogP contribution in [0, 0.1) is 0 Å². The highest BCUT2D eigenvalue weighted by atomic mass is 35.5. The maximum absolute atomic E-state index is 11.7. The van der Waals surface area contributed by atoms with Gasteiger partial charge in [0.05, 0.1) is 27.6 Å². The lowest BCUT2D eigenvalue weighted by atomic mass is 10.1. The summed E-state index contributed by atoms with van der Waals surface area (Å²) < 4.78 is 1.86. The number of carboxylic acids is 1. The molecule has 0 amide bonds. The van der Waals surface area contributed by atoms with Crippen molar-refractivity contribution in [2.24, 2.45) is 0 Å². The maximum atomic E-state index is 11.7. The molecule has 2 atom stereocenters. The molecule has 1 N–H and O–H groups in total. The summed E-state index contributed by atoms with van der Waals surface area (Å²) in [5, 5.41) is 11.2. The largest absolute Gasteiger partial charge is 0.480 e. The van der Waals surface area contributed by atoms with Crippen molar-refractivity contribution in [1.82, 2.24) is 14.5 Å². The Labute approximate surface area is 160 Å². The first-order chi connectivity index (χ1) is 12.5. The molecule has 1 aromatic carbocycles. The van der Waals surface area contributed by atoms with Gasteiger partial charge in [0.25, 0.3) is 0 Å². The predicted molar refractivity (Wildman–Crippen MR) is 101 cm³/mol. The SMILES string of the molecule is C[C@H]1CC[C@@H](C(=O)O)N1c1cc(-n2ccnc2)c2ccc(Cl)c(Cl)c2n1. The molecule has 1 saturated heterocycles. The van der Waals surface area contributed by atoms with E-state index in [9.17, 15) is 9.90 Å². The van der Waals surface area contributed by atoms with E-state index < -0.39 is 12.0 Å². The van der Waals surface area contributed by atoms with Crippen LogP contribution in [0.15, 0.2) is 36.9 Å². The highest BCUT2D eigenvalue weighted by Crippen LogP contribution is 2.37. The van der Waals surface area contributed by atoms with Gasteiger partial charge in [-0.05, 0) is 31.9 Å². The van der Waals surface area contributed by atoms with Crippen LogP contribution in [0.5, 0.6) is 0 Å². The number of pyridine rings is 1. The van der Waals surface area contributed by atoms with Gasteiger partial charge in [-0.2, -0.15) is 0 Å². The highest BCUT2D eigenvalue weighted by molar-refractivity contribution is 6.45. The minimum atomic E-state index is -0.849. The molecule has 3 heterocycles. The lowest BCUT2D eigenvalue weighted by molar-refractivity contribution is -0.138. The molecule has 4 rings (SSSR count). The zero-order valence-corrected chi connectivity index (χ0v) is 15.4. The third-order valence-corrected chi connectivity index (χ3v) is 5.63. The molecule has 0 aliphatic carbocycles. The number of rotatable bonds is 3. The average molecular weight is 391 g/mol. The number of aliphatic carboxylic acids is 1. The molecule has 134 valence electrons. The molecular formula is C18H16Cl2N4O2. The minimum absolute atomic E-state index is 0.0645. The van der Waals surface area contributed by atoms with Gasteiger partial charge in [0.2, 0.25) is 0 Å². The second-order valence-electron chi connectivity index (χ2n) is 6.41. The molecule has 2 aromatic heterocycles. The highest BCUT2D eigenvalue weighted by Gasteiger charge is 2.37. The van der Waals surface area contributed by atoms with Crippen LogP contribution in [0.1, 0.15) is 19.8 Å². The monoisotopic (exact) mass is 390 g/mol. The Bertz CT molecular complexity index is 991. The average Bonchev–Trinajstić information content (AvgIpc) is 3.27. The summed E-state index contributed by atoms with van der Waals surface area (Å²) in [5.41, 5.74) is 1.37. The summed E-state index contributed by atoms with van der Waals surface area (Å²) in [6, 6.07) is 4.93. The molecular weight excluding hydrogens is 375 g/mol. The first-order valence-corrected chi connectivity index (χ1v) is 9.01. The van der Waals surface area contributed by atoms with E-state index in [1.165, 1.54) is 0 Å². The van der Waals surface area contributed by atoms with Gasteiger partial charge < -0.3 is 14.6 Å². The van der Waals surface area contributed by atoms with E-state index in [0.29, 0.717) is 27.8 Å². The van der Waals surface area contributed by atoms with Crippen LogP contribution in [0.25, 0.3) is 16.6 Å². The van der Waals surface area contributed by atoms with E-state index in [1.807, 2.05) is 34.7 Å². The van der Waals surface area contributed by atoms with Crippen molar-refractivity contribution in [3.8, 4) is 5.69 Å². The van der Waals surface area contributed by atoms with E-state index in [0.717, 1.165) is 17.5 Å². The zero-order chi connectivity index (χ0) is 18.4. The first-order valence-electron chi connectivity index (χ1n) is 8.25. The molecule has 0 saturated carbocycles. The Morgan fingerprint density at radius 2 is 2.12 bits per heavy atom. The second kappa shape index (κ2) is 6.45. The third-order valence-electron chi connectivity index (χ3n) is 4.84. The van der Waals surface area contributed by atoms with Gasteiger partial charge in [-0.1, -0.05) is 23.2 Å². The van der Waals surface area contributed by atoms with E-state index in [2.05, 4.69) is 9.97 Å². The Hall–Kier alpha value is -2.31. The Morgan fingerprint density at radius 3 is 2.81 bits per heavy atom. The number of carboxylic acid groups (broad SMARTS) is 1. The van der Waals surface area contributed by atoms with E-state index >= 15 is 0 Å². The molecule has 1 aliphatic rings. The van der Waals surface area contributed by atoms with Gasteiger partial charge in [-0.3, -0.25) is 0 Å². The normalized spacial score (nSPS) is 20.0. The zero-order valence-electron chi connectivity index (χ0n) is 13.9. The van der Waals surface area contributed by atoms with E-state index in [-0.39, 0.29) is 6.04 Å². The van der Waals surface area contributed by atoms with Crippen LogP contribution in [-0.4, -0.2) is 37.7 Å². The van der Waals surface area contributed by atoms with Crippen molar-refractivity contribution < 1.29 is 9.90 Å². The van der Waals surface area contributed by atoms with E-state index in [1.54, 1.807) is 18.6 Å². The summed E-state index contributed by atoms with van der Waals surface area (Å²) in [6.07, 6.45) is 6.56. The number of imidazole rings is 1. The summed E-state index contributed by atoms with van der Waals surface area (Å²) in [7, 11) is 0. The quantitative estimate of drug-likeness (QED) is 0.726. The van der Waals surface area contributed by atoms with Crippen molar-refractivity contribution in [3.05, 3.63) is 47.0 Å². The molecule has 0 bridgehead atoms. The van der Waals surface area contributed by atoms with Gasteiger partial charge in [0.1, 0.15) is 11.9 Å². The molecule has 8 heteroatoms. The maximum Gasteiger partial charge on any atom is 0.326 e. The number of aromatic nitrogens is 3. The fourth-order valence-electron chi connectivity index (χ4n) is 3.56. The Kier molecular flexibility index (Phi) is 4.25. The minimum Gasteiger partial charge on any atom is -0.480 e. The fraction of sp³-hybridized carbons (Fsp3) is 0.278. The molecule has 1 aliphatic heterocycles. The standard InChI is InChI=1S/C18H16Cl2N4O2/c1-10-2-5-13(18(25)26)24(10)15-8-14(23-7-6-21-9-23)11-3-4-12(19)16(20)17(11)22-15/h3-4,6-10,13H,2,5H2,1H3,(H,25,26)/t10-,13-/m0/s1. The number of fused-ring (bicyclic) bond motifs is 1. The van der Waals surface area contributed by atoms with Gasteiger partial charge in [-0.15, -0.1) is 0 Å². The van der Waals surface area contributed by atoms with E-state index in [4.69, 9.17) is 23.2 Å². The second-order valence-corrected chi connectivity index (χ2v) is 7.20. The van der Waals surface area contributed by atoms with Crippen molar-refractivity contribution in [1.29, 1.82) is 0 Å². The molecule has 0 unspecified atom stereocenters. The molecule has 0 spiro atoms. The number of anilines is 1. The molecule has 26 heavy (non-hydrogen) atoms. The van der Waals surface area contributed by atoms with Crippen molar-refractivity contribution in [2.45, 2.75) is 31.8 Å². The number of halogens is 2. The lowest BCUT2D eigenvalue weighted by Gasteiger charge is -2.28. The number of benzene rings is 1. The molecule has 6 nitrogen and oxygen atoms in total. The Morgan fingerprint density at radius 1 is 1.31 bits per heavy atom. The number of hydrogen-bond acceptors (Lipinski definition) is 4. The van der Waals surface area contributed by atoms with Gasteiger partial charge in [-0.25, -0.2) is 14.8 Å². The van der Waals surface area contributed by atoms with Crippen LogP contribution < -0.4 is 4.90 Å². The van der Waals surface area contributed by atoms with Crippen molar-refractivity contribution >= 4 is 45.9 Å². The van der Waals surface area contributed by atoms with Crippen LogP contribution in [0.4, 0.5) is 5.82 Å². The molecule has 3 aromatic rings. The summed E-state index contributed by atoms with van der Waals surface area (Å²) >= 11 is 12.6. The lowest BCUT2D eigenvalue weighted by Crippen LogP contribution is -2.40. The van der Waals surface area contributed by atoms with Crippen LogP contribution in [0.2, 0.25) is 10.0 Å². The number of carbonyl (C=O) groups is 1. The summed E-state index contributed by atoms with van der Waals surface area (Å²) in [4.78, 5) is 22.3. The van der Waals surface area contributed by atoms with Crippen LogP contribution in [0.3, 0.4) is 0 Å². The van der Waals surface area contributed by atoms with Crippen molar-refractivity contribution in [3.63, 3.8) is 0 Å². The topological polar surface area (TPSA) is 71.2 Å². The molecule has 1 fully saturated rings. The van der Waals surface area contributed by atoms with Crippen LogP contribution >= 0.6 is 23.2 Å². The summed E-state index contributed by atoms with van der Waals surface area (Å²) in [6.45, 7) is 2.01. The molecule has 0 radical (unpaired) electrons. The fourth-order valence-corrected chi connectivity index (χ4v) is 3.92. The number of hydrogen-bond donors (Lipinski definition) is 1. The summed E-state index contributed by atoms with van der Waals surface area (Å²) in [5.74, 6) is -0.277. The predicted octanol–water partition coefficient (Wildman–Crippen LogP) is 4.17. The van der Waals surface area contributed by atoms with Gasteiger partial charge in [0, 0.05) is 29.9 Å². The number of nitrogens with zero attached hydrogens (tertiary/aromatic N) is 4. The van der Waals surface area contributed by atoms with Gasteiger partial charge >= 0.3 is 5.97 Å². The Balaban J connectivity index is 1.99. The smallest absolute Gasteiger partial charge is 0.326 e. The first kappa shape index (κ1) is 17.1. The van der Waals surface area contributed by atoms with Crippen LogP contribution in [-0.2, 0) is 4.79 Å². The van der Waals surface area contributed by atoms with Gasteiger partial charge in [0.15, 0.2) is 0 Å². The van der Waals surface area contributed by atoms with Crippen molar-refractivity contribution in [2.75, 3.05) is 4.90 Å². The third kappa shape index (κ3) is 2.70.